The zero-order chi connectivity index (χ0) is 11.4. The fraction of sp³-hybridized carbons (Fsp3) is 0. The van der Waals surface area contributed by atoms with E-state index in [4.69, 9.17) is 35.8 Å². The number of halogens is 1. The average Bonchev–Trinajstić information content (AvgIpc) is 1.77. The van der Waals surface area contributed by atoms with E-state index in [2.05, 4.69) is 15.0 Å². The van der Waals surface area contributed by atoms with Gasteiger partial charge in [-0.15, -0.1) is 0 Å². The van der Waals surface area contributed by atoms with E-state index in [0.717, 1.165) is 0 Å². The molecule has 0 amide bonds. The number of anilines is 3. The number of rotatable bonds is 0. The standard InChI is InChI=1S/C3H6N6.ClHO4/c4-1-7-2(5)9-3(6)8-1;2-1(3,4)5/h(H6,4,5,6,7,8,9);(H,2,3,4,5). The number of nitrogens with zero attached hydrogens (tertiary/aromatic N) is 3. The first-order valence-electron chi connectivity index (χ1n) is 2.84. The molecule has 14 heavy (non-hydrogen) atoms. The second-order valence-corrected chi connectivity index (χ2v) is 2.60. The van der Waals surface area contributed by atoms with Gasteiger partial charge >= 0.3 is 0 Å². The van der Waals surface area contributed by atoms with Crippen molar-refractivity contribution in [2.45, 2.75) is 0 Å². The molecular formula is C3H7ClN6O4. The van der Waals surface area contributed by atoms with Crippen molar-refractivity contribution in [1.29, 1.82) is 0 Å². The van der Waals surface area contributed by atoms with Gasteiger partial charge in [0.05, 0.1) is 14.9 Å². The molecule has 1 heterocycles. The van der Waals surface area contributed by atoms with Crippen LogP contribution in [0.2, 0.25) is 0 Å². The topological polar surface area (TPSA) is 206 Å². The quantitative estimate of drug-likeness (QED) is 0.330. The summed E-state index contributed by atoms with van der Waals surface area (Å²) in [6.45, 7) is 0. The molecule has 1 aromatic heterocycles. The average molecular weight is 227 g/mol. The van der Waals surface area contributed by atoms with Gasteiger partial charge in [-0.05, 0) is 0 Å². The number of hydrogen-bond donors (Lipinski definition) is 4. The van der Waals surface area contributed by atoms with Crippen LogP contribution in [0.1, 0.15) is 0 Å². The Morgan fingerprint density at radius 1 is 0.857 bits per heavy atom. The number of hydrogen-bond acceptors (Lipinski definition) is 10. The van der Waals surface area contributed by atoms with Crippen molar-refractivity contribution in [2.24, 2.45) is 0 Å². The third-order valence-corrected chi connectivity index (χ3v) is 0.687. The summed E-state index contributed by atoms with van der Waals surface area (Å²) in [5.41, 5.74) is 15.4. The van der Waals surface area contributed by atoms with Gasteiger partial charge in [-0.3, -0.25) is 0 Å². The zero-order valence-electron chi connectivity index (χ0n) is 6.62. The summed E-state index contributed by atoms with van der Waals surface area (Å²) in [5, 5.41) is 0. The van der Waals surface area contributed by atoms with E-state index in [-0.39, 0.29) is 17.8 Å². The summed E-state index contributed by atoms with van der Waals surface area (Å²) in [7, 11) is -4.69. The molecule has 0 aliphatic heterocycles. The van der Waals surface area contributed by atoms with E-state index < -0.39 is 10.2 Å². The lowest BCUT2D eigenvalue weighted by atomic mass is 10.9. The second kappa shape index (κ2) is 4.69. The molecule has 7 N–H and O–H groups in total. The van der Waals surface area contributed by atoms with Crippen molar-refractivity contribution >= 4 is 17.8 Å². The largest absolute Gasteiger partial charge is 0.368 e. The fourth-order valence-corrected chi connectivity index (χ4v) is 0.427. The van der Waals surface area contributed by atoms with Gasteiger partial charge in [-0.2, -0.15) is 28.9 Å². The summed E-state index contributed by atoms with van der Waals surface area (Å²) in [4.78, 5) is 10.5. The van der Waals surface area contributed by atoms with E-state index in [1.807, 2.05) is 0 Å². The van der Waals surface area contributed by atoms with Crippen molar-refractivity contribution < 1.29 is 28.9 Å². The van der Waals surface area contributed by atoms with Crippen molar-refractivity contribution in [2.75, 3.05) is 17.2 Å². The van der Waals surface area contributed by atoms with Crippen LogP contribution in [0.15, 0.2) is 0 Å². The van der Waals surface area contributed by atoms with Crippen molar-refractivity contribution in [3.63, 3.8) is 0 Å². The number of nitrogen functional groups attached to an aromatic ring is 3. The molecule has 0 aliphatic rings. The van der Waals surface area contributed by atoms with Crippen LogP contribution in [0.25, 0.3) is 0 Å². The summed E-state index contributed by atoms with van der Waals surface area (Å²) in [6.07, 6.45) is 0. The molecule has 0 atom stereocenters. The molecule has 0 aliphatic carbocycles. The number of nitrogens with two attached hydrogens (primary N) is 3. The van der Waals surface area contributed by atoms with Crippen LogP contribution in [0, 0.1) is 10.2 Å². The molecule has 0 saturated heterocycles. The van der Waals surface area contributed by atoms with Crippen LogP contribution in [-0.2, 0) is 0 Å². The van der Waals surface area contributed by atoms with E-state index in [1.54, 1.807) is 0 Å². The molecule has 10 nitrogen and oxygen atoms in total. The van der Waals surface area contributed by atoms with Gasteiger partial charge in [0, 0.05) is 0 Å². The molecule has 0 spiro atoms. The Morgan fingerprint density at radius 3 is 1.14 bits per heavy atom. The maximum atomic E-state index is 8.60. The molecule has 0 radical (unpaired) electrons. The van der Waals surface area contributed by atoms with Gasteiger partial charge < -0.3 is 17.2 Å². The maximum Gasteiger partial charge on any atom is 0.226 e. The van der Waals surface area contributed by atoms with Crippen molar-refractivity contribution in [3.8, 4) is 0 Å². The van der Waals surface area contributed by atoms with Gasteiger partial charge in [0.1, 0.15) is 0 Å². The second-order valence-electron chi connectivity index (χ2n) is 1.81. The lowest BCUT2D eigenvalue weighted by molar-refractivity contribution is -1.92. The first-order chi connectivity index (χ1) is 6.18. The van der Waals surface area contributed by atoms with Gasteiger partial charge in [0.25, 0.3) is 0 Å². The van der Waals surface area contributed by atoms with Crippen LogP contribution in [-0.4, -0.2) is 19.6 Å². The number of aromatic nitrogens is 3. The highest BCUT2D eigenvalue weighted by Crippen LogP contribution is 1.97. The Labute approximate surface area is 79.8 Å². The molecule has 0 aromatic carbocycles. The van der Waals surface area contributed by atoms with Crippen LogP contribution >= 0.6 is 0 Å². The predicted molar refractivity (Wildman–Crippen MR) is 35.3 cm³/mol. The minimum absolute atomic E-state index is 0.0417. The summed E-state index contributed by atoms with van der Waals surface area (Å²) < 4.78 is 32.7. The molecule has 0 bridgehead atoms. The monoisotopic (exact) mass is 226 g/mol. The van der Waals surface area contributed by atoms with Crippen molar-refractivity contribution in [3.05, 3.63) is 0 Å². The van der Waals surface area contributed by atoms with E-state index >= 15 is 0 Å². The van der Waals surface area contributed by atoms with Crippen LogP contribution in [0.4, 0.5) is 17.8 Å². The Morgan fingerprint density at radius 2 is 1.00 bits per heavy atom. The van der Waals surface area contributed by atoms with Crippen LogP contribution in [0.3, 0.4) is 0 Å². The Hall–Kier alpha value is -1.46. The fourth-order valence-electron chi connectivity index (χ4n) is 0.427. The van der Waals surface area contributed by atoms with Gasteiger partial charge in [-0.25, -0.2) is 0 Å². The Bertz CT molecular complexity index is 245. The molecule has 0 saturated carbocycles. The smallest absolute Gasteiger partial charge is 0.226 e. The van der Waals surface area contributed by atoms with Crippen LogP contribution in [0.5, 0.6) is 0 Å². The molecule has 1 aromatic rings. The highest BCUT2D eigenvalue weighted by Gasteiger charge is 1.98. The van der Waals surface area contributed by atoms with Gasteiger partial charge in [-0.1, -0.05) is 0 Å². The van der Waals surface area contributed by atoms with Crippen LogP contribution < -0.4 is 31.2 Å². The zero-order valence-corrected chi connectivity index (χ0v) is 7.38. The highest BCUT2D eigenvalue weighted by atomic mass is 35.7. The normalized spacial score (nSPS) is 10.3. The molecule has 11 heteroatoms. The summed E-state index contributed by atoms with van der Waals surface area (Å²) in [6, 6.07) is 0. The van der Waals surface area contributed by atoms with Gasteiger partial charge in [0.15, 0.2) is 0 Å². The van der Waals surface area contributed by atoms with E-state index in [9.17, 15) is 0 Å². The minimum Gasteiger partial charge on any atom is -0.368 e. The van der Waals surface area contributed by atoms with E-state index in [1.165, 1.54) is 0 Å². The third-order valence-electron chi connectivity index (χ3n) is 0.687. The third kappa shape index (κ3) is 8.63. The summed E-state index contributed by atoms with van der Waals surface area (Å²) >= 11 is 0. The molecule has 0 fully saturated rings. The Kier molecular flexibility index (Phi) is 4.20. The first kappa shape index (κ1) is 12.5. The lowest BCUT2D eigenvalue weighted by Crippen LogP contribution is -2.58. The summed E-state index contributed by atoms with van der Waals surface area (Å²) in [5.74, 6) is 0.125. The predicted octanol–water partition coefficient (Wildman–Crippen LogP) is -5.51. The first-order valence-corrected chi connectivity index (χ1v) is 4.10. The van der Waals surface area contributed by atoms with Crippen molar-refractivity contribution in [1.82, 2.24) is 15.0 Å². The highest BCUT2D eigenvalue weighted by molar-refractivity contribution is 5.33. The molecular weight excluding hydrogens is 220 g/mol. The molecule has 1 rings (SSSR count). The minimum atomic E-state index is -4.69. The molecule has 80 valence electrons. The maximum absolute atomic E-state index is 8.60. The van der Waals surface area contributed by atoms with Gasteiger partial charge in [0.2, 0.25) is 17.8 Å². The SMILES string of the molecule is Nc1nc(N)nc(N)n1.[O-][Cl+3]([O-])([O-])O. The lowest BCUT2D eigenvalue weighted by Gasteiger charge is -2.03. The van der Waals surface area contributed by atoms with E-state index in [0.29, 0.717) is 0 Å². The Balaban J connectivity index is 0.000000292. The molecule has 0 unspecified atom stereocenters.